The molecule has 0 aromatic heterocycles. The normalized spacial score (nSPS) is 11.9. The number of rotatable bonds is 4. The fraction of sp³-hybridized carbons (Fsp3) is 0.235. The zero-order valence-electron chi connectivity index (χ0n) is 11.8. The van der Waals surface area contributed by atoms with Crippen LogP contribution in [0, 0.1) is 13.8 Å². The molecule has 3 heteroatoms. The van der Waals surface area contributed by atoms with Gasteiger partial charge in [0.15, 0.2) is 0 Å². The first-order chi connectivity index (χ1) is 9.58. The van der Waals surface area contributed by atoms with Gasteiger partial charge in [0, 0.05) is 12.1 Å². The summed E-state index contributed by atoms with van der Waals surface area (Å²) in [6.45, 7) is 4.15. The maximum atomic E-state index is 11.9. The van der Waals surface area contributed by atoms with E-state index in [1.807, 2.05) is 50.2 Å². The molecule has 1 atom stereocenters. The van der Waals surface area contributed by atoms with Crippen LogP contribution in [0.3, 0.4) is 0 Å². The molecule has 0 saturated carbocycles. The number of aliphatic hydroxyl groups is 1. The van der Waals surface area contributed by atoms with E-state index in [2.05, 4.69) is 5.32 Å². The van der Waals surface area contributed by atoms with Crippen molar-refractivity contribution in [3.05, 3.63) is 70.8 Å². The highest BCUT2D eigenvalue weighted by Crippen LogP contribution is 2.18. The van der Waals surface area contributed by atoms with Gasteiger partial charge in [0.1, 0.15) is 0 Å². The summed E-state index contributed by atoms with van der Waals surface area (Å²) in [5, 5.41) is 13.0. The Bertz CT molecular complexity index is 593. The first kappa shape index (κ1) is 14.3. The Morgan fingerprint density at radius 3 is 2.55 bits per heavy atom. The van der Waals surface area contributed by atoms with Crippen LogP contribution in [-0.4, -0.2) is 17.6 Å². The van der Waals surface area contributed by atoms with Crippen molar-refractivity contribution >= 4 is 5.91 Å². The number of hydrogen-bond acceptors (Lipinski definition) is 2. The van der Waals surface area contributed by atoms with Crippen LogP contribution in [0.5, 0.6) is 0 Å². The van der Waals surface area contributed by atoms with Crippen LogP contribution in [0.1, 0.15) is 33.2 Å². The molecule has 1 amide bonds. The lowest BCUT2D eigenvalue weighted by atomic mass is 10.0. The molecular formula is C17H19NO2. The standard InChI is InChI=1S/C17H19NO2/c1-12-8-9-13(2)15(10-12)16(19)11-18-17(20)14-6-4-3-5-7-14/h3-10,16,19H,11H2,1-2H3,(H,18,20). The minimum absolute atomic E-state index is 0.171. The summed E-state index contributed by atoms with van der Waals surface area (Å²) in [5.74, 6) is -0.171. The van der Waals surface area contributed by atoms with Crippen LogP contribution >= 0.6 is 0 Å². The lowest BCUT2D eigenvalue weighted by Gasteiger charge is -2.15. The van der Waals surface area contributed by atoms with E-state index in [4.69, 9.17) is 0 Å². The highest BCUT2D eigenvalue weighted by molar-refractivity contribution is 5.94. The monoisotopic (exact) mass is 269 g/mol. The Hall–Kier alpha value is -2.13. The van der Waals surface area contributed by atoms with Gasteiger partial charge < -0.3 is 10.4 Å². The lowest BCUT2D eigenvalue weighted by molar-refractivity contribution is 0.0916. The van der Waals surface area contributed by atoms with Crippen LogP contribution in [0.15, 0.2) is 48.5 Å². The van der Waals surface area contributed by atoms with Crippen molar-refractivity contribution in [3.63, 3.8) is 0 Å². The van der Waals surface area contributed by atoms with Crippen LogP contribution in [0.2, 0.25) is 0 Å². The summed E-state index contributed by atoms with van der Waals surface area (Å²) in [5.41, 5.74) is 3.58. The second-order valence-electron chi connectivity index (χ2n) is 4.95. The quantitative estimate of drug-likeness (QED) is 0.896. The average Bonchev–Trinajstić information content (AvgIpc) is 2.47. The molecule has 0 aliphatic rings. The molecule has 2 aromatic rings. The molecule has 0 saturated heterocycles. The maximum Gasteiger partial charge on any atom is 0.251 e. The number of aryl methyl sites for hydroxylation is 2. The van der Waals surface area contributed by atoms with Gasteiger partial charge >= 0.3 is 0 Å². The number of benzene rings is 2. The maximum absolute atomic E-state index is 11.9. The van der Waals surface area contributed by atoms with Gasteiger partial charge in [-0.05, 0) is 37.1 Å². The third kappa shape index (κ3) is 3.45. The molecule has 0 bridgehead atoms. The highest BCUT2D eigenvalue weighted by Gasteiger charge is 2.12. The molecule has 0 radical (unpaired) electrons. The summed E-state index contributed by atoms with van der Waals surface area (Å²) >= 11 is 0. The summed E-state index contributed by atoms with van der Waals surface area (Å²) in [6, 6.07) is 14.9. The Kier molecular flexibility index (Phi) is 4.53. The topological polar surface area (TPSA) is 49.3 Å². The van der Waals surface area contributed by atoms with E-state index in [0.29, 0.717) is 5.56 Å². The van der Waals surface area contributed by atoms with Crippen LogP contribution in [0.4, 0.5) is 0 Å². The summed E-state index contributed by atoms with van der Waals surface area (Å²) in [7, 11) is 0. The number of carbonyl (C=O) groups excluding carboxylic acids is 1. The molecule has 0 aliphatic heterocycles. The van der Waals surface area contributed by atoms with E-state index in [1.165, 1.54) is 0 Å². The predicted octanol–water partition coefficient (Wildman–Crippen LogP) is 2.77. The second-order valence-corrected chi connectivity index (χ2v) is 4.95. The third-order valence-electron chi connectivity index (χ3n) is 3.29. The fourth-order valence-electron chi connectivity index (χ4n) is 2.11. The Morgan fingerprint density at radius 1 is 1.15 bits per heavy atom. The van der Waals surface area contributed by atoms with Gasteiger partial charge in [-0.25, -0.2) is 0 Å². The van der Waals surface area contributed by atoms with Crippen LogP contribution in [-0.2, 0) is 0 Å². The SMILES string of the molecule is Cc1ccc(C)c(C(O)CNC(=O)c2ccccc2)c1. The first-order valence-corrected chi connectivity index (χ1v) is 6.66. The molecule has 2 aromatic carbocycles. The number of nitrogens with one attached hydrogen (secondary N) is 1. The molecule has 20 heavy (non-hydrogen) atoms. The van der Waals surface area contributed by atoms with Gasteiger partial charge in [-0.3, -0.25) is 4.79 Å². The zero-order valence-corrected chi connectivity index (χ0v) is 11.8. The van der Waals surface area contributed by atoms with E-state index < -0.39 is 6.10 Å². The lowest BCUT2D eigenvalue weighted by Crippen LogP contribution is -2.28. The first-order valence-electron chi connectivity index (χ1n) is 6.66. The van der Waals surface area contributed by atoms with Gasteiger partial charge in [0.25, 0.3) is 5.91 Å². The van der Waals surface area contributed by atoms with Gasteiger partial charge in [-0.15, -0.1) is 0 Å². The fourth-order valence-corrected chi connectivity index (χ4v) is 2.11. The summed E-state index contributed by atoms with van der Waals surface area (Å²) in [4.78, 5) is 11.9. The van der Waals surface area contributed by atoms with Gasteiger partial charge in [0.2, 0.25) is 0 Å². The summed E-state index contributed by atoms with van der Waals surface area (Å²) < 4.78 is 0. The van der Waals surface area contributed by atoms with E-state index in [-0.39, 0.29) is 12.5 Å². The van der Waals surface area contributed by atoms with Crippen LogP contribution in [0.25, 0.3) is 0 Å². The predicted molar refractivity (Wildman–Crippen MR) is 79.7 cm³/mol. The van der Waals surface area contributed by atoms with E-state index in [9.17, 15) is 9.90 Å². The van der Waals surface area contributed by atoms with Crippen LogP contribution < -0.4 is 5.32 Å². The number of carbonyl (C=O) groups is 1. The smallest absolute Gasteiger partial charge is 0.251 e. The van der Waals surface area contributed by atoms with Crippen molar-refractivity contribution in [2.75, 3.05) is 6.54 Å². The van der Waals surface area contributed by atoms with Crippen molar-refractivity contribution < 1.29 is 9.90 Å². The Morgan fingerprint density at radius 2 is 1.85 bits per heavy atom. The van der Waals surface area contributed by atoms with E-state index in [0.717, 1.165) is 16.7 Å². The summed E-state index contributed by atoms with van der Waals surface area (Å²) in [6.07, 6.45) is -0.692. The molecular weight excluding hydrogens is 250 g/mol. The second kappa shape index (κ2) is 6.35. The highest BCUT2D eigenvalue weighted by atomic mass is 16.3. The zero-order chi connectivity index (χ0) is 14.5. The molecule has 1 unspecified atom stereocenters. The average molecular weight is 269 g/mol. The molecule has 3 nitrogen and oxygen atoms in total. The molecule has 0 spiro atoms. The minimum Gasteiger partial charge on any atom is -0.387 e. The molecule has 2 N–H and O–H groups in total. The number of hydrogen-bond donors (Lipinski definition) is 2. The molecule has 0 fully saturated rings. The van der Waals surface area contributed by atoms with Crippen molar-refractivity contribution in [2.24, 2.45) is 0 Å². The third-order valence-corrected chi connectivity index (χ3v) is 3.29. The van der Waals surface area contributed by atoms with Crippen molar-refractivity contribution in [1.82, 2.24) is 5.32 Å². The van der Waals surface area contributed by atoms with Gasteiger partial charge in [0.05, 0.1) is 6.10 Å². The number of amides is 1. The molecule has 104 valence electrons. The van der Waals surface area contributed by atoms with Crippen molar-refractivity contribution in [1.29, 1.82) is 0 Å². The Balaban J connectivity index is 2.00. The van der Waals surface area contributed by atoms with E-state index in [1.54, 1.807) is 12.1 Å². The Labute approximate surface area is 119 Å². The van der Waals surface area contributed by atoms with E-state index >= 15 is 0 Å². The van der Waals surface area contributed by atoms with Gasteiger partial charge in [-0.2, -0.15) is 0 Å². The van der Waals surface area contributed by atoms with Crippen molar-refractivity contribution in [2.45, 2.75) is 20.0 Å². The largest absolute Gasteiger partial charge is 0.387 e. The number of aliphatic hydroxyl groups excluding tert-OH is 1. The molecule has 0 heterocycles. The minimum atomic E-state index is -0.692. The van der Waals surface area contributed by atoms with Gasteiger partial charge in [-0.1, -0.05) is 42.0 Å². The van der Waals surface area contributed by atoms with Crippen molar-refractivity contribution in [3.8, 4) is 0 Å². The molecule has 0 aliphatic carbocycles. The molecule has 2 rings (SSSR count).